The summed E-state index contributed by atoms with van der Waals surface area (Å²) in [4.78, 5) is 7.57. The van der Waals surface area contributed by atoms with Crippen LogP contribution >= 0.6 is 27.5 Å². The lowest BCUT2D eigenvalue weighted by molar-refractivity contribution is 0.404. The normalized spacial score (nSPS) is 26.3. The molecule has 1 saturated heterocycles. The lowest BCUT2D eigenvalue weighted by Gasteiger charge is -2.14. The highest BCUT2D eigenvalue weighted by Gasteiger charge is 2.59. The molecule has 0 aromatic heterocycles. The zero-order chi connectivity index (χ0) is 17.7. The summed E-state index contributed by atoms with van der Waals surface area (Å²) >= 11 is 9.60. The predicted molar refractivity (Wildman–Crippen MR) is 110 cm³/mol. The van der Waals surface area contributed by atoms with Crippen LogP contribution in [-0.4, -0.2) is 16.7 Å². The van der Waals surface area contributed by atoms with Gasteiger partial charge in [-0.15, -0.1) is 0 Å². The average molecular weight is 424 g/mol. The SMILES string of the molecule is Clc1ccc(C2=N[C@H](c3ccc(Br)cc3)N3[C@H](c4ccccc4)[C@H]23)cc1. The fraction of sp³-hybridized carbons (Fsp3) is 0.136. The third-order valence-electron chi connectivity index (χ3n) is 5.12. The van der Waals surface area contributed by atoms with Crippen molar-refractivity contribution in [2.75, 3.05) is 0 Å². The maximum absolute atomic E-state index is 6.07. The summed E-state index contributed by atoms with van der Waals surface area (Å²) in [5, 5.41) is 0.754. The first kappa shape index (κ1) is 16.2. The van der Waals surface area contributed by atoms with Crippen LogP contribution in [0.1, 0.15) is 28.9 Å². The fourth-order valence-corrected chi connectivity index (χ4v) is 4.26. The van der Waals surface area contributed by atoms with Gasteiger partial charge in [-0.1, -0.05) is 82.1 Å². The number of fused-ring (bicyclic) bond motifs is 1. The minimum absolute atomic E-state index is 0.0592. The third-order valence-corrected chi connectivity index (χ3v) is 5.91. The van der Waals surface area contributed by atoms with Gasteiger partial charge in [0.2, 0.25) is 0 Å². The van der Waals surface area contributed by atoms with E-state index in [1.54, 1.807) is 0 Å². The molecule has 128 valence electrons. The van der Waals surface area contributed by atoms with Gasteiger partial charge in [-0.3, -0.25) is 9.89 Å². The Bertz CT molecular complexity index is 967. The first-order valence-electron chi connectivity index (χ1n) is 8.64. The predicted octanol–water partition coefficient (Wildman–Crippen LogP) is 6.03. The number of rotatable bonds is 3. The maximum Gasteiger partial charge on any atom is 0.129 e. The molecular formula is C22H16BrClN2. The number of halogens is 2. The van der Waals surface area contributed by atoms with Crippen LogP contribution in [0.5, 0.6) is 0 Å². The van der Waals surface area contributed by atoms with E-state index in [0.29, 0.717) is 12.1 Å². The van der Waals surface area contributed by atoms with Crippen molar-refractivity contribution in [3.8, 4) is 0 Å². The summed E-state index contributed by atoms with van der Waals surface area (Å²) in [5.74, 6) is 0. The van der Waals surface area contributed by atoms with Crippen LogP contribution in [0.15, 0.2) is 88.3 Å². The van der Waals surface area contributed by atoms with Crippen LogP contribution in [0.25, 0.3) is 0 Å². The molecule has 4 atom stereocenters. The Morgan fingerprint density at radius 3 is 2.15 bits per heavy atom. The van der Waals surface area contributed by atoms with E-state index in [9.17, 15) is 0 Å². The number of hydrogen-bond donors (Lipinski definition) is 0. The van der Waals surface area contributed by atoms with E-state index in [0.717, 1.165) is 20.8 Å². The van der Waals surface area contributed by atoms with Gasteiger partial charge in [-0.05, 0) is 41.0 Å². The Morgan fingerprint density at radius 2 is 1.46 bits per heavy atom. The standard InChI is InChI=1S/C22H16BrClN2/c23-17-10-6-16(7-11-17)22-25-19(14-8-12-18(24)13-9-14)21-20(26(21)22)15-4-2-1-3-5-15/h1-13,20-22H/t20-,21+,22+,26?/m1/s1. The molecule has 1 fully saturated rings. The molecule has 3 aromatic rings. The molecule has 2 aliphatic rings. The van der Waals surface area contributed by atoms with E-state index in [1.807, 2.05) is 12.1 Å². The summed E-state index contributed by atoms with van der Waals surface area (Å²) in [6.45, 7) is 0. The highest BCUT2D eigenvalue weighted by molar-refractivity contribution is 9.10. The van der Waals surface area contributed by atoms with Gasteiger partial charge in [-0.25, -0.2) is 0 Å². The Balaban J connectivity index is 1.56. The van der Waals surface area contributed by atoms with Gasteiger partial charge < -0.3 is 0 Å². The van der Waals surface area contributed by atoms with E-state index >= 15 is 0 Å². The van der Waals surface area contributed by atoms with Crippen molar-refractivity contribution in [3.05, 3.63) is 105 Å². The topological polar surface area (TPSA) is 15.4 Å². The van der Waals surface area contributed by atoms with E-state index in [4.69, 9.17) is 16.6 Å². The first-order chi connectivity index (χ1) is 12.7. The summed E-state index contributed by atoms with van der Waals surface area (Å²) in [5.41, 5.74) is 4.88. The molecule has 0 spiro atoms. The Labute approximate surface area is 166 Å². The van der Waals surface area contributed by atoms with Crippen LogP contribution in [0.4, 0.5) is 0 Å². The van der Waals surface area contributed by atoms with Crippen molar-refractivity contribution in [2.24, 2.45) is 4.99 Å². The summed E-state index contributed by atoms with van der Waals surface area (Å²) in [6, 6.07) is 27.9. The van der Waals surface area contributed by atoms with Gasteiger partial charge in [-0.2, -0.15) is 0 Å². The molecule has 1 unspecified atom stereocenters. The molecule has 2 heterocycles. The average Bonchev–Trinajstić information content (AvgIpc) is 3.29. The number of nitrogens with zero attached hydrogens (tertiary/aromatic N) is 2. The van der Waals surface area contributed by atoms with Crippen molar-refractivity contribution < 1.29 is 0 Å². The fourth-order valence-electron chi connectivity index (χ4n) is 3.87. The quantitative estimate of drug-likeness (QED) is 0.470. The van der Waals surface area contributed by atoms with E-state index < -0.39 is 0 Å². The summed E-state index contributed by atoms with van der Waals surface area (Å²) in [6.07, 6.45) is 0.0592. The zero-order valence-corrected chi connectivity index (χ0v) is 16.2. The molecule has 0 aliphatic carbocycles. The zero-order valence-electron chi connectivity index (χ0n) is 13.9. The highest BCUT2D eigenvalue weighted by atomic mass is 79.9. The monoisotopic (exact) mass is 422 g/mol. The molecular weight excluding hydrogens is 408 g/mol. The molecule has 2 nitrogen and oxygen atoms in total. The molecule has 2 aliphatic heterocycles. The van der Waals surface area contributed by atoms with Gasteiger partial charge >= 0.3 is 0 Å². The molecule has 5 rings (SSSR count). The van der Waals surface area contributed by atoms with Crippen LogP contribution in [0.3, 0.4) is 0 Å². The second-order valence-electron chi connectivity index (χ2n) is 6.69. The second-order valence-corrected chi connectivity index (χ2v) is 8.05. The Hall–Kier alpha value is -1.94. The molecule has 0 amide bonds. The first-order valence-corrected chi connectivity index (χ1v) is 9.81. The van der Waals surface area contributed by atoms with E-state index in [1.165, 1.54) is 11.1 Å². The van der Waals surface area contributed by atoms with Crippen molar-refractivity contribution in [1.82, 2.24) is 4.90 Å². The van der Waals surface area contributed by atoms with Crippen molar-refractivity contribution in [2.45, 2.75) is 18.2 Å². The lowest BCUT2D eigenvalue weighted by atomic mass is 10.0. The van der Waals surface area contributed by atoms with Crippen LogP contribution in [0.2, 0.25) is 5.02 Å². The van der Waals surface area contributed by atoms with E-state index in [-0.39, 0.29) is 6.17 Å². The molecule has 26 heavy (non-hydrogen) atoms. The van der Waals surface area contributed by atoms with Crippen LogP contribution in [0, 0.1) is 0 Å². The number of hydrogen-bond acceptors (Lipinski definition) is 2. The highest BCUT2D eigenvalue weighted by Crippen LogP contribution is 2.55. The largest absolute Gasteiger partial charge is 0.263 e. The second kappa shape index (κ2) is 6.34. The van der Waals surface area contributed by atoms with Gasteiger partial charge in [0.05, 0.1) is 17.8 Å². The molecule has 0 saturated carbocycles. The van der Waals surface area contributed by atoms with Gasteiger partial charge in [0.25, 0.3) is 0 Å². The minimum atomic E-state index is 0.0592. The van der Waals surface area contributed by atoms with Gasteiger partial charge in [0.1, 0.15) is 6.17 Å². The van der Waals surface area contributed by atoms with Crippen molar-refractivity contribution in [1.29, 1.82) is 0 Å². The van der Waals surface area contributed by atoms with Crippen molar-refractivity contribution in [3.63, 3.8) is 0 Å². The molecule has 0 radical (unpaired) electrons. The molecule has 4 heteroatoms. The van der Waals surface area contributed by atoms with E-state index in [2.05, 4.69) is 87.6 Å². The van der Waals surface area contributed by atoms with Gasteiger partial charge in [0, 0.05) is 9.50 Å². The summed E-state index contributed by atoms with van der Waals surface area (Å²) < 4.78 is 1.09. The maximum atomic E-state index is 6.07. The smallest absolute Gasteiger partial charge is 0.129 e. The van der Waals surface area contributed by atoms with Crippen LogP contribution < -0.4 is 0 Å². The van der Waals surface area contributed by atoms with Crippen LogP contribution in [-0.2, 0) is 0 Å². The Kier molecular flexibility index (Phi) is 3.96. The number of aliphatic imine (C=N–C) groups is 1. The Morgan fingerprint density at radius 1 is 0.769 bits per heavy atom. The molecule has 0 bridgehead atoms. The number of benzene rings is 3. The van der Waals surface area contributed by atoms with Crippen molar-refractivity contribution >= 4 is 33.2 Å². The molecule has 0 N–H and O–H groups in total. The molecule has 3 aromatic carbocycles. The third kappa shape index (κ3) is 2.71. The summed E-state index contributed by atoms with van der Waals surface area (Å²) in [7, 11) is 0. The van der Waals surface area contributed by atoms with Gasteiger partial charge in [0.15, 0.2) is 0 Å². The lowest BCUT2D eigenvalue weighted by Crippen LogP contribution is -2.08. The minimum Gasteiger partial charge on any atom is -0.263 e.